The Morgan fingerprint density at radius 3 is 2.58 bits per heavy atom. The van der Waals surface area contributed by atoms with E-state index in [9.17, 15) is 0 Å². The minimum Gasteiger partial charge on any atom is -0.345 e. The van der Waals surface area contributed by atoms with E-state index in [0.29, 0.717) is 0 Å². The molecule has 1 N–H and O–H groups in total. The van der Waals surface area contributed by atoms with E-state index < -0.39 is 0 Å². The Bertz CT molecular complexity index is 832. The molecule has 0 aliphatic carbocycles. The van der Waals surface area contributed by atoms with Crippen molar-refractivity contribution in [3.8, 4) is 11.1 Å². The summed E-state index contributed by atoms with van der Waals surface area (Å²) in [5, 5.41) is 4.66. The number of hydrogen-bond donors (Lipinski definition) is 1. The predicted octanol–water partition coefficient (Wildman–Crippen LogP) is 1.43. The lowest BCUT2D eigenvalue weighted by Crippen LogP contribution is -3.14. The Labute approximate surface area is 142 Å². The average Bonchev–Trinajstić information content (AvgIpc) is 3.05. The van der Waals surface area contributed by atoms with Crippen LogP contribution in [0.4, 0.5) is 5.82 Å². The molecular weight excluding hydrogens is 298 g/mol. The highest BCUT2D eigenvalue weighted by Crippen LogP contribution is 2.26. The lowest BCUT2D eigenvalue weighted by molar-refractivity contribution is -0.898. The maximum atomic E-state index is 4.77. The van der Waals surface area contributed by atoms with Gasteiger partial charge < -0.3 is 9.80 Å². The number of hydrogen-bond acceptors (Lipinski definition) is 3. The zero-order chi connectivity index (χ0) is 16.5. The molecule has 124 valence electrons. The smallest absolute Gasteiger partial charge is 0.165 e. The van der Waals surface area contributed by atoms with Crippen molar-refractivity contribution in [1.82, 2.24) is 14.6 Å². The van der Waals surface area contributed by atoms with Crippen molar-refractivity contribution in [2.45, 2.75) is 13.8 Å². The third kappa shape index (κ3) is 2.65. The van der Waals surface area contributed by atoms with Crippen LogP contribution in [0.5, 0.6) is 0 Å². The summed E-state index contributed by atoms with van der Waals surface area (Å²) in [4.78, 5) is 8.89. The van der Waals surface area contributed by atoms with Crippen molar-refractivity contribution in [3.05, 3.63) is 48.3 Å². The van der Waals surface area contributed by atoms with Gasteiger partial charge in [0.25, 0.3) is 0 Å². The van der Waals surface area contributed by atoms with Crippen LogP contribution in [-0.4, -0.2) is 47.3 Å². The van der Waals surface area contributed by atoms with E-state index in [1.165, 1.54) is 19.6 Å². The highest BCUT2D eigenvalue weighted by molar-refractivity contribution is 5.78. The van der Waals surface area contributed by atoms with Gasteiger partial charge in [0, 0.05) is 17.3 Å². The number of nitrogens with zero attached hydrogens (tertiary/aromatic N) is 4. The van der Waals surface area contributed by atoms with Gasteiger partial charge in [0.15, 0.2) is 5.65 Å². The van der Waals surface area contributed by atoms with Crippen molar-refractivity contribution < 1.29 is 4.90 Å². The minimum absolute atomic E-state index is 0.946. The first-order valence-electron chi connectivity index (χ1n) is 8.75. The number of aryl methyl sites for hydroxylation is 1. The van der Waals surface area contributed by atoms with Crippen molar-refractivity contribution >= 4 is 11.5 Å². The molecule has 4 rings (SSSR count). The first-order valence-corrected chi connectivity index (χ1v) is 8.75. The molecule has 1 aliphatic heterocycles. The van der Waals surface area contributed by atoms with E-state index in [4.69, 9.17) is 4.98 Å². The van der Waals surface area contributed by atoms with Crippen LogP contribution in [0.15, 0.2) is 42.6 Å². The predicted molar refractivity (Wildman–Crippen MR) is 96.6 cm³/mol. The number of nitrogens with one attached hydrogen (secondary N) is 1. The first-order chi connectivity index (χ1) is 11.8. The minimum atomic E-state index is 0.946. The summed E-state index contributed by atoms with van der Waals surface area (Å²) in [6.45, 7) is 10.1. The average molecular weight is 322 g/mol. The third-order valence-corrected chi connectivity index (χ3v) is 4.96. The molecule has 0 spiro atoms. The Kier molecular flexibility index (Phi) is 3.94. The van der Waals surface area contributed by atoms with Gasteiger partial charge in [0.05, 0.1) is 38.9 Å². The standard InChI is InChI=1S/C19H23N5/c1-3-22-9-11-23(12-10-22)18-13-15(2)21-19-17(14-20-24(18)19)16-7-5-4-6-8-16/h4-8,13-14H,3,9-12H2,1-2H3/p+1. The van der Waals surface area contributed by atoms with Gasteiger partial charge in [-0.1, -0.05) is 30.3 Å². The molecular formula is C19H24N5+. The normalized spacial score (nSPS) is 16.0. The monoisotopic (exact) mass is 322 g/mol. The van der Waals surface area contributed by atoms with Crippen LogP contribution in [0.1, 0.15) is 12.6 Å². The summed E-state index contributed by atoms with van der Waals surface area (Å²) < 4.78 is 2.01. The second kappa shape index (κ2) is 6.24. The van der Waals surface area contributed by atoms with Crippen LogP contribution < -0.4 is 9.80 Å². The molecule has 0 atom stereocenters. The zero-order valence-corrected chi connectivity index (χ0v) is 14.4. The highest BCUT2D eigenvalue weighted by Gasteiger charge is 2.22. The SMILES string of the molecule is CC[NH+]1CCN(c2cc(C)nc3c(-c4ccccc4)cnn23)CC1. The van der Waals surface area contributed by atoms with Crippen LogP contribution in [0.25, 0.3) is 16.8 Å². The molecule has 0 radical (unpaired) electrons. The quantitative estimate of drug-likeness (QED) is 0.793. The molecule has 1 fully saturated rings. The summed E-state index contributed by atoms with van der Waals surface area (Å²) in [5.74, 6) is 1.16. The van der Waals surface area contributed by atoms with E-state index in [2.05, 4.69) is 54.2 Å². The second-order valence-electron chi connectivity index (χ2n) is 6.51. The number of piperazine rings is 1. The van der Waals surface area contributed by atoms with Crippen LogP contribution in [0.3, 0.4) is 0 Å². The van der Waals surface area contributed by atoms with Crippen molar-refractivity contribution in [2.75, 3.05) is 37.6 Å². The second-order valence-corrected chi connectivity index (χ2v) is 6.51. The fourth-order valence-corrected chi connectivity index (χ4v) is 3.52. The number of anilines is 1. The molecule has 0 amide bonds. The number of fused-ring (bicyclic) bond motifs is 1. The van der Waals surface area contributed by atoms with E-state index in [1.807, 2.05) is 16.8 Å². The van der Waals surface area contributed by atoms with Crippen LogP contribution in [-0.2, 0) is 0 Å². The summed E-state index contributed by atoms with van der Waals surface area (Å²) in [6, 6.07) is 12.5. The third-order valence-electron chi connectivity index (χ3n) is 4.96. The van der Waals surface area contributed by atoms with Gasteiger partial charge in [-0.15, -0.1) is 0 Å². The number of likely N-dealkylation sites (N-methyl/N-ethyl adjacent to an activating group) is 1. The van der Waals surface area contributed by atoms with E-state index >= 15 is 0 Å². The van der Waals surface area contributed by atoms with Gasteiger partial charge in [0.1, 0.15) is 5.82 Å². The Balaban J connectivity index is 1.76. The van der Waals surface area contributed by atoms with Gasteiger partial charge in [0.2, 0.25) is 0 Å². The molecule has 0 unspecified atom stereocenters. The van der Waals surface area contributed by atoms with Gasteiger partial charge in [-0.2, -0.15) is 9.61 Å². The van der Waals surface area contributed by atoms with E-state index in [1.54, 1.807) is 4.90 Å². The summed E-state index contributed by atoms with van der Waals surface area (Å²) in [5.41, 5.74) is 4.25. The topological polar surface area (TPSA) is 37.9 Å². The molecule has 0 saturated carbocycles. The molecule has 24 heavy (non-hydrogen) atoms. The molecule has 1 saturated heterocycles. The fraction of sp³-hybridized carbons (Fsp3) is 0.368. The Morgan fingerprint density at radius 2 is 1.88 bits per heavy atom. The molecule has 3 aromatic rings. The lowest BCUT2D eigenvalue weighted by Gasteiger charge is -2.33. The maximum Gasteiger partial charge on any atom is 0.165 e. The van der Waals surface area contributed by atoms with Crippen LogP contribution in [0, 0.1) is 6.92 Å². The Morgan fingerprint density at radius 1 is 1.12 bits per heavy atom. The summed E-state index contributed by atoms with van der Waals surface area (Å²) in [7, 11) is 0. The van der Waals surface area contributed by atoms with Gasteiger partial charge >= 0.3 is 0 Å². The van der Waals surface area contributed by atoms with Crippen LogP contribution in [0.2, 0.25) is 0 Å². The molecule has 0 bridgehead atoms. The highest BCUT2D eigenvalue weighted by atomic mass is 15.4. The molecule has 3 heterocycles. The molecule has 2 aromatic heterocycles. The maximum absolute atomic E-state index is 4.77. The van der Waals surface area contributed by atoms with E-state index in [0.717, 1.165) is 41.4 Å². The number of rotatable bonds is 3. The van der Waals surface area contributed by atoms with E-state index in [-0.39, 0.29) is 0 Å². The van der Waals surface area contributed by atoms with Gasteiger partial charge in [-0.05, 0) is 19.4 Å². The van der Waals surface area contributed by atoms with Crippen molar-refractivity contribution in [2.24, 2.45) is 0 Å². The molecule has 5 nitrogen and oxygen atoms in total. The summed E-state index contributed by atoms with van der Waals surface area (Å²) >= 11 is 0. The van der Waals surface area contributed by atoms with Gasteiger partial charge in [-0.3, -0.25) is 0 Å². The molecule has 5 heteroatoms. The Hall–Kier alpha value is -2.40. The largest absolute Gasteiger partial charge is 0.345 e. The van der Waals surface area contributed by atoms with Gasteiger partial charge in [-0.25, -0.2) is 4.98 Å². The molecule has 1 aliphatic rings. The zero-order valence-electron chi connectivity index (χ0n) is 14.4. The van der Waals surface area contributed by atoms with Crippen molar-refractivity contribution in [3.63, 3.8) is 0 Å². The lowest BCUT2D eigenvalue weighted by atomic mass is 10.1. The number of aromatic nitrogens is 3. The first kappa shape index (κ1) is 15.1. The van der Waals surface area contributed by atoms with Crippen molar-refractivity contribution in [1.29, 1.82) is 0 Å². The number of quaternary nitrogens is 1. The molecule has 1 aromatic carbocycles. The summed E-state index contributed by atoms with van der Waals surface area (Å²) in [6.07, 6.45) is 1.94. The van der Waals surface area contributed by atoms with Crippen LogP contribution >= 0.6 is 0 Å². The number of benzene rings is 1. The fourth-order valence-electron chi connectivity index (χ4n) is 3.52.